The molecule has 2 saturated heterocycles. The largest absolute Gasteiger partial charge is 0.425 e. The Morgan fingerprint density at radius 2 is 1.53 bits per heavy atom. The van der Waals surface area contributed by atoms with E-state index in [-0.39, 0.29) is 23.0 Å². The number of benzene rings is 3. The molecule has 34 heavy (non-hydrogen) atoms. The molecular formula is C27H23F3O4. The predicted octanol–water partition coefficient (Wildman–Crippen LogP) is 6.23. The summed E-state index contributed by atoms with van der Waals surface area (Å²) in [4.78, 5) is 12.3. The fourth-order valence-corrected chi connectivity index (χ4v) is 4.14. The summed E-state index contributed by atoms with van der Waals surface area (Å²) >= 11 is 0. The first-order valence-electron chi connectivity index (χ1n) is 11.2. The molecule has 0 bridgehead atoms. The highest BCUT2D eigenvalue weighted by Gasteiger charge is 2.30. The first-order valence-corrected chi connectivity index (χ1v) is 11.2. The van der Waals surface area contributed by atoms with Crippen molar-refractivity contribution in [2.75, 3.05) is 13.2 Å². The van der Waals surface area contributed by atoms with Gasteiger partial charge in [-0.05, 0) is 42.0 Å². The van der Waals surface area contributed by atoms with Gasteiger partial charge in [0.15, 0.2) is 17.7 Å². The van der Waals surface area contributed by atoms with Gasteiger partial charge < -0.3 is 14.2 Å². The number of hydrogen-bond acceptors (Lipinski definition) is 4. The van der Waals surface area contributed by atoms with Crippen molar-refractivity contribution in [3.63, 3.8) is 0 Å². The van der Waals surface area contributed by atoms with Gasteiger partial charge in [-0.25, -0.2) is 18.0 Å². The van der Waals surface area contributed by atoms with Crippen LogP contribution in [0.15, 0.2) is 54.6 Å². The number of epoxide rings is 1. The van der Waals surface area contributed by atoms with Crippen molar-refractivity contribution in [2.45, 2.75) is 32.0 Å². The number of rotatable bonds is 5. The Balaban J connectivity index is 1.31. The second-order valence-electron chi connectivity index (χ2n) is 8.80. The predicted molar refractivity (Wildman–Crippen MR) is 120 cm³/mol. The molecule has 3 atom stereocenters. The summed E-state index contributed by atoms with van der Waals surface area (Å²) < 4.78 is 59.6. The molecule has 2 heterocycles. The Morgan fingerprint density at radius 3 is 2.15 bits per heavy atom. The summed E-state index contributed by atoms with van der Waals surface area (Å²) in [6.45, 7) is 2.94. The summed E-state index contributed by atoms with van der Waals surface area (Å²) in [6.07, 6.45) is 0.435. The van der Waals surface area contributed by atoms with E-state index in [0.717, 1.165) is 12.5 Å². The normalized spacial score (nSPS) is 21.8. The van der Waals surface area contributed by atoms with Gasteiger partial charge in [-0.3, -0.25) is 0 Å². The Labute approximate surface area is 195 Å². The fourth-order valence-electron chi connectivity index (χ4n) is 4.14. The van der Waals surface area contributed by atoms with Crippen molar-refractivity contribution < 1.29 is 32.2 Å². The lowest BCUT2D eigenvalue weighted by molar-refractivity contribution is -0.151. The molecule has 0 radical (unpaired) electrons. The van der Waals surface area contributed by atoms with Gasteiger partial charge in [0.1, 0.15) is 17.7 Å². The average molecular weight is 468 g/mol. The van der Waals surface area contributed by atoms with Crippen LogP contribution in [0.1, 0.15) is 31.4 Å². The van der Waals surface area contributed by atoms with Crippen molar-refractivity contribution in [3.8, 4) is 28.0 Å². The van der Waals surface area contributed by atoms with Crippen molar-refractivity contribution >= 4 is 5.97 Å². The van der Waals surface area contributed by atoms with Gasteiger partial charge in [0.05, 0.1) is 13.2 Å². The van der Waals surface area contributed by atoms with Crippen LogP contribution >= 0.6 is 0 Å². The van der Waals surface area contributed by atoms with Crippen molar-refractivity contribution in [2.24, 2.45) is 5.92 Å². The highest BCUT2D eigenvalue weighted by molar-refractivity contribution is 5.78. The van der Waals surface area contributed by atoms with Crippen molar-refractivity contribution in [3.05, 3.63) is 77.6 Å². The number of carbonyl (C=O) groups is 1. The van der Waals surface area contributed by atoms with Crippen LogP contribution in [0.5, 0.6) is 5.75 Å². The van der Waals surface area contributed by atoms with E-state index in [2.05, 4.69) is 6.92 Å². The number of carbonyl (C=O) groups excluding carboxylic acids is 1. The Hall–Kier alpha value is -3.16. The second-order valence-corrected chi connectivity index (χ2v) is 8.80. The maximum atomic E-state index is 14.8. The minimum Gasteiger partial charge on any atom is -0.425 e. The molecule has 4 nitrogen and oxygen atoms in total. The van der Waals surface area contributed by atoms with Crippen LogP contribution in [0.2, 0.25) is 0 Å². The van der Waals surface area contributed by atoms with Crippen LogP contribution in [-0.2, 0) is 14.3 Å². The van der Waals surface area contributed by atoms with Gasteiger partial charge in [0, 0.05) is 22.8 Å². The standard InChI is InChI=1S/C27H23F3O4/c1-15-2-11-23(32-13-15)27(31)34-18-7-8-19(22(28)12-18)16-3-5-17(6-4-16)20-9-10-21(24-14-33-24)26(30)25(20)29/h3-10,12,15,23-24H,2,11,13-14H2,1H3. The number of esters is 1. The summed E-state index contributed by atoms with van der Waals surface area (Å²) in [6, 6.07) is 13.7. The maximum absolute atomic E-state index is 14.8. The molecule has 0 saturated carbocycles. The summed E-state index contributed by atoms with van der Waals surface area (Å²) in [5.74, 6) is -2.44. The number of ether oxygens (including phenoxy) is 3. The Kier molecular flexibility index (Phi) is 6.15. The molecular weight excluding hydrogens is 445 g/mol. The van der Waals surface area contributed by atoms with Gasteiger partial charge in [-0.2, -0.15) is 0 Å². The van der Waals surface area contributed by atoms with Gasteiger partial charge in [-0.15, -0.1) is 0 Å². The van der Waals surface area contributed by atoms with E-state index in [9.17, 15) is 18.0 Å². The van der Waals surface area contributed by atoms with E-state index in [4.69, 9.17) is 14.2 Å². The SMILES string of the molecule is CC1CCC(C(=O)Oc2ccc(-c3ccc(-c4ccc(C5CO5)c(F)c4F)cc3)c(F)c2)OC1. The highest BCUT2D eigenvalue weighted by atomic mass is 19.2. The molecule has 0 aliphatic carbocycles. The third-order valence-electron chi connectivity index (χ3n) is 6.22. The topological polar surface area (TPSA) is 48.1 Å². The average Bonchev–Trinajstić information content (AvgIpc) is 3.67. The number of hydrogen-bond donors (Lipinski definition) is 0. The maximum Gasteiger partial charge on any atom is 0.340 e. The number of halogens is 3. The van der Waals surface area contributed by atoms with E-state index >= 15 is 0 Å². The molecule has 0 amide bonds. The molecule has 7 heteroatoms. The fraction of sp³-hybridized carbons (Fsp3) is 0.296. The van der Waals surface area contributed by atoms with Crippen LogP contribution in [0.3, 0.4) is 0 Å². The first-order chi connectivity index (χ1) is 16.4. The summed E-state index contributed by atoms with van der Waals surface area (Å²) in [7, 11) is 0. The molecule has 2 aliphatic heterocycles. The first kappa shape index (κ1) is 22.6. The van der Waals surface area contributed by atoms with E-state index < -0.39 is 29.5 Å². The lowest BCUT2D eigenvalue weighted by atomic mass is 9.98. The van der Waals surface area contributed by atoms with E-state index in [0.29, 0.717) is 42.2 Å². The molecule has 2 fully saturated rings. The zero-order chi connectivity index (χ0) is 23.8. The molecule has 0 N–H and O–H groups in total. The minimum atomic E-state index is -0.936. The summed E-state index contributed by atoms with van der Waals surface area (Å²) in [5.41, 5.74) is 1.65. The summed E-state index contributed by atoms with van der Waals surface area (Å²) in [5, 5.41) is 0. The Bertz CT molecular complexity index is 1210. The molecule has 0 spiro atoms. The Morgan fingerprint density at radius 1 is 0.853 bits per heavy atom. The van der Waals surface area contributed by atoms with Gasteiger partial charge in [0.25, 0.3) is 0 Å². The van der Waals surface area contributed by atoms with Crippen LogP contribution in [0.25, 0.3) is 22.3 Å². The zero-order valence-electron chi connectivity index (χ0n) is 18.5. The minimum absolute atomic E-state index is 0.0994. The van der Waals surface area contributed by atoms with E-state index in [1.807, 2.05) is 0 Å². The van der Waals surface area contributed by atoms with Crippen LogP contribution in [0.4, 0.5) is 13.2 Å². The quantitative estimate of drug-likeness (QED) is 0.253. The van der Waals surface area contributed by atoms with Crippen molar-refractivity contribution in [1.29, 1.82) is 0 Å². The van der Waals surface area contributed by atoms with E-state index in [1.54, 1.807) is 24.3 Å². The molecule has 0 aromatic heterocycles. The lowest BCUT2D eigenvalue weighted by Crippen LogP contribution is -2.34. The van der Waals surface area contributed by atoms with Crippen molar-refractivity contribution in [1.82, 2.24) is 0 Å². The molecule has 3 unspecified atom stereocenters. The van der Waals surface area contributed by atoms with Gasteiger partial charge >= 0.3 is 5.97 Å². The second kappa shape index (κ2) is 9.24. The molecule has 5 rings (SSSR count). The van der Waals surface area contributed by atoms with Crippen LogP contribution in [-0.4, -0.2) is 25.3 Å². The third kappa shape index (κ3) is 4.58. The van der Waals surface area contributed by atoms with Gasteiger partial charge in [0.2, 0.25) is 0 Å². The van der Waals surface area contributed by atoms with E-state index in [1.165, 1.54) is 24.3 Å². The van der Waals surface area contributed by atoms with Crippen LogP contribution < -0.4 is 4.74 Å². The molecule has 3 aromatic rings. The monoisotopic (exact) mass is 468 g/mol. The lowest BCUT2D eigenvalue weighted by Gasteiger charge is -2.25. The third-order valence-corrected chi connectivity index (χ3v) is 6.22. The van der Waals surface area contributed by atoms with Crippen LogP contribution in [0, 0.1) is 23.4 Å². The van der Waals surface area contributed by atoms with Gasteiger partial charge in [-0.1, -0.05) is 43.3 Å². The smallest absolute Gasteiger partial charge is 0.340 e. The zero-order valence-corrected chi connectivity index (χ0v) is 18.5. The highest BCUT2D eigenvalue weighted by Crippen LogP contribution is 2.36. The molecule has 3 aromatic carbocycles. The molecule has 2 aliphatic rings. The molecule has 176 valence electrons.